The summed E-state index contributed by atoms with van der Waals surface area (Å²) in [4.78, 5) is 44.5. The monoisotopic (exact) mass is 621 g/mol. The second-order valence-corrected chi connectivity index (χ2v) is 11.4. The maximum atomic E-state index is 14.2. The number of phenols is 1. The third kappa shape index (κ3) is 6.00. The van der Waals surface area contributed by atoms with Crippen molar-refractivity contribution >= 4 is 34.3 Å². The molecule has 2 heterocycles. The van der Waals surface area contributed by atoms with E-state index in [9.17, 15) is 29.1 Å². The van der Waals surface area contributed by atoms with E-state index in [1.54, 1.807) is 29.2 Å². The van der Waals surface area contributed by atoms with Gasteiger partial charge < -0.3 is 26.0 Å². The number of benzene rings is 4. The van der Waals surface area contributed by atoms with E-state index in [1.165, 1.54) is 33.1 Å². The molecule has 4 amide bonds. The number of hydrazine groups is 1. The van der Waals surface area contributed by atoms with E-state index in [-0.39, 0.29) is 62.4 Å². The zero-order valence-corrected chi connectivity index (χ0v) is 24.8. The molecule has 0 spiro atoms. The molecule has 4 aromatic carbocycles. The van der Waals surface area contributed by atoms with E-state index in [1.807, 2.05) is 48.5 Å². The Kier molecular flexibility index (Phi) is 8.41. The number of aromatic hydroxyl groups is 1. The predicted molar refractivity (Wildman–Crippen MR) is 168 cm³/mol. The highest BCUT2D eigenvalue weighted by atomic mass is 19.1. The second-order valence-electron chi connectivity index (χ2n) is 11.4. The van der Waals surface area contributed by atoms with Gasteiger partial charge >= 0.3 is 6.03 Å². The van der Waals surface area contributed by atoms with Crippen LogP contribution in [0, 0.1) is 17.1 Å². The van der Waals surface area contributed by atoms with Crippen molar-refractivity contribution in [3.63, 3.8) is 0 Å². The summed E-state index contributed by atoms with van der Waals surface area (Å²) in [6.45, 7) is -0.137. The number of anilines is 1. The molecule has 0 unspecified atom stereocenters. The SMILES string of the molecule is N#CCN(C(=O)NCc1ccc(F)cc1)N1CC(=O)N2[C@@H](Cc3ccc(O)c(N)c3)C(=O)N(Cc3cccc4ccccc34)C[C@@H]21. The minimum atomic E-state index is -0.929. The van der Waals surface area contributed by atoms with E-state index in [2.05, 4.69) is 5.32 Å². The van der Waals surface area contributed by atoms with Crippen LogP contribution >= 0.6 is 0 Å². The fraction of sp³-hybridized carbons (Fsp3) is 0.235. The third-order valence-corrected chi connectivity index (χ3v) is 8.45. The van der Waals surface area contributed by atoms with Gasteiger partial charge in [0, 0.05) is 19.5 Å². The lowest BCUT2D eigenvalue weighted by Crippen LogP contribution is -2.66. The number of nitrogens with one attached hydrogen (secondary N) is 1. The number of phenolic OH excluding ortho intramolecular Hbond substituents is 1. The number of hydrogen-bond donors (Lipinski definition) is 3. The Labute approximate surface area is 264 Å². The van der Waals surface area contributed by atoms with Gasteiger partial charge in [-0.2, -0.15) is 10.3 Å². The molecule has 0 aromatic heterocycles. The lowest BCUT2D eigenvalue weighted by Gasteiger charge is -2.46. The first-order chi connectivity index (χ1) is 22.2. The summed E-state index contributed by atoms with van der Waals surface area (Å²) in [6, 6.07) is 24.6. The summed E-state index contributed by atoms with van der Waals surface area (Å²) in [5.41, 5.74) is 8.33. The van der Waals surface area contributed by atoms with Crippen LogP contribution in [0.5, 0.6) is 5.75 Å². The number of halogens is 1. The molecule has 2 fully saturated rings. The molecule has 4 N–H and O–H groups in total. The number of carbonyl (C=O) groups is 3. The number of carbonyl (C=O) groups excluding carboxylic acids is 3. The van der Waals surface area contributed by atoms with E-state index in [4.69, 9.17) is 5.73 Å². The smallest absolute Gasteiger partial charge is 0.333 e. The minimum Gasteiger partial charge on any atom is -0.506 e. The van der Waals surface area contributed by atoms with Crippen LogP contribution in [-0.4, -0.2) is 74.6 Å². The lowest BCUT2D eigenvalue weighted by molar-refractivity contribution is -0.157. The summed E-state index contributed by atoms with van der Waals surface area (Å²) >= 11 is 0. The Bertz CT molecular complexity index is 1840. The Morgan fingerprint density at radius 3 is 2.54 bits per heavy atom. The highest BCUT2D eigenvalue weighted by Crippen LogP contribution is 2.32. The van der Waals surface area contributed by atoms with Gasteiger partial charge in [0.25, 0.3) is 0 Å². The van der Waals surface area contributed by atoms with Crippen molar-refractivity contribution in [1.82, 2.24) is 25.1 Å². The van der Waals surface area contributed by atoms with Crippen molar-refractivity contribution in [3.8, 4) is 11.8 Å². The number of amides is 4. The number of nitrogens with zero attached hydrogens (tertiary/aromatic N) is 5. The highest BCUT2D eigenvalue weighted by molar-refractivity contribution is 5.92. The molecule has 0 radical (unpaired) electrons. The average Bonchev–Trinajstić information content (AvgIpc) is 3.38. The molecule has 2 saturated heterocycles. The molecule has 4 aromatic rings. The standard InChI is InChI=1S/C34H32FN7O4/c35-26-11-8-22(9-12-26)18-38-34(46)40(15-14-36)41-21-32(44)42-29(17-23-10-13-30(43)28(37)16-23)33(45)39(20-31(41)42)19-25-6-3-5-24-4-1-2-7-27(24)25/h1-13,16,29,31,43H,15,17-21,37H2,(H,38,46)/t29-,31+/m0/s1. The predicted octanol–water partition coefficient (Wildman–Crippen LogP) is 3.34. The maximum absolute atomic E-state index is 14.2. The van der Waals surface area contributed by atoms with Crippen LogP contribution in [0.2, 0.25) is 0 Å². The molecular formula is C34H32FN7O4. The summed E-state index contributed by atoms with van der Waals surface area (Å²) in [5.74, 6) is -1.12. The van der Waals surface area contributed by atoms with Gasteiger partial charge in [-0.3, -0.25) is 9.59 Å². The molecule has 0 aliphatic carbocycles. The van der Waals surface area contributed by atoms with Crippen molar-refractivity contribution in [2.45, 2.75) is 31.7 Å². The third-order valence-electron chi connectivity index (χ3n) is 8.45. The van der Waals surface area contributed by atoms with Gasteiger partial charge in [0.2, 0.25) is 11.8 Å². The largest absolute Gasteiger partial charge is 0.506 e. The van der Waals surface area contributed by atoms with Crippen LogP contribution in [0.15, 0.2) is 84.9 Å². The number of nitrogen functional groups attached to an aromatic ring is 1. The number of rotatable bonds is 8. The fourth-order valence-corrected chi connectivity index (χ4v) is 6.20. The summed E-state index contributed by atoms with van der Waals surface area (Å²) in [6.07, 6.45) is -0.620. The highest BCUT2D eigenvalue weighted by Gasteiger charge is 2.52. The maximum Gasteiger partial charge on any atom is 0.333 e. The minimum absolute atomic E-state index is 0.0772. The first-order valence-corrected chi connectivity index (χ1v) is 14.8. The first kappa shape index (κ1) is 30.4. The van der Waals surface area contributed by atoms with Crippen LogP contribution in [0.4, 0.5) is 14.9 Å². The quantitative estimate of drug-likeness (QED) is 0.155. The van der Waals surface area contributed by atoms with Crippen LogP contribution in [-0.2, 0) is 29.1 Å². The van der Waals surface area contributed by atoms with Crippen molar-refractivity contribution in [3.05, 3.63) is 107 Å². The van der Waals surface area contributed by atoms with E-state index in [0.717, 1.165) is 16.3 Å². The van der Waals surface area contributed by atoms with Crippen molar-refractivity contribution in [2.75, 3.05) is 25.4 Å². The van der Waals surface area contributed by atoms with Crippen molar-refractivity contribution in [1.29, 1.82) is 5.26 Å². The molecule has 0 bridgehead atoms. The van der Waals surface area contributed by atoms with E-state index < -0.39 is 24.1 Å². The average molecular weight is 622 g/mol. The Morgan fingerprint density at radius 2 is 1.78 bits per heavy atom. The Balaban J connectivity index is 1.32. The van der Waals surface area contributed by atoms with Crippen LogP contribution < -0.4 is 11.1 Å². The number of fused-ring (bicyclic) bond motifs is 2. The molecule has 2 aliphatic heterocycles. The number of nitrogens with two attached hydrogens (primary N) is 1. The lowest BCUT2D eigenvalue weighted by atomic mass is 9.98. The molecule has 6 rings (SSSR count). The zero-order valence-electron chi connectivity index (χ0n) is 24.8. The topological polar surface area (TPSA) is 146 Å². The van der Waals surface area contributed by atoms with Crippen molar-refractivity contribution in [2.24, 2.45) is 0 Å². The fourth-order valence-electron chi connectivity index (χ4n) is 6.20. The molecule has 0 saturated carbocycles. The van der Waals surface area contributed by atoms with Gasteiger partial charge in [-0.25, -0.2) is 14.2 Å². The Hall–Kier alpha value is -5.67. The second kappa shape index (κ2) is 12.7. The first-order valence-electron chi connectivity index (χ1n) is 14.8. The zero-order chi connectivity index (χ0) is 32.4. The summed E-state index contributed by atoms with van der Waals surface area (Å²) < 4.78 is 13.4. The molecule has 234 valence electrons. The molecular weight excluding hydrogens is 589 g/mol. The molecule has 2 aliphatic rings. The number of hydrogen-bond acceptors (Lipinski definition) is 7. The van der Waals surface area contributed by atoms with Crippen LogP contribution in [0.3, 0.4) is 0 Å². The molecule has 12 heteroatoms. The number of urea groups is 1. The van der Waals surface area contributed by atoms with E-state index in [0.29, 0.717) is 11.1 Å². The van der Waals surface area contributed by atoms with Gasteiger partial charge in [0.1, 0.15) is 30.3 Å². The molecule has 2 atom stereocenters. The van der Waals surface area contributed by atoms with Gasteiger partial charge in [0.15, 0.2) is 0 Å². The van der Waals surface area contributed by atoms with E-state index >= 15 is 0 Å². The number of piperazine rings is 1. The molecule has 46 heavy (non-hydrogen) atoms. The summed E-state index contributed by atoms with van der Waals surface area (Å²) in [7, 11) is 0. The molecule has 11 nitrogen and oxygen atoms in total. The summed E-state index contributed by atoms with van der Waals surface area (Å²) in [5, 5.41) is 27.1. The van der Waals surface area contributed by atoms with Gasteiger partial charge in [-0.1, -0.05) is 60.7 Å². The van der Waals surface area contributed by atoms with Gasteiger partial charge in [-0.15, -0.1) is 0 Å². The van der Waals surface area contributed by atoms with Gasteiger partial charge in [0.05, 0.1) is 24.8 Å². The van der Waals surface area contributed by atoms with Crippen LogP contribution in [0.1, 0.15) is 16.7 Å². The number of nitriles is 1. The normalized spacial score (nSPS) is 18.0. The van der Waals surface area contributed by atoms with Crippen LogP contribution in [0.25, 0.3) is 10.8 Å². The Morgan fingerprint density at radius 1 is 1.04 bits per heavy atom. The van der Waals surface area contributed by atoms with Crippen molar-refractivity contribution < 1.29 is 23.9 Å². The van der Waals surface area contributed by atoms with Gasteiger partial charge in [-0.05, 0) is 51.7 Å².